The first kappa shape index (κ1) is 15.9. The first-order valence-corrected chi connectivity index (χ1v) is 12.0. The van der Waals surface area contributed by atoms with Gasteiger partial charge in [0.2, 0.25) is 0 Å². The van der Waals surface area contributed by atoms with Gasteiger partial charge in [-0.2, -0.15) is 0 Å². The third-order valence-corrected chi connectivity index (χ3v) is 13.9. The summed E-state index contributed by atoms with van der Waals surface area (Å²) in [5.41, 5.74) is 0. The third-order valence-electron chi connectivity index (χ3n) is 4.68. The van der Waals surface area contributed by atoms with Gasteiger partial charge in [0.1, 0.15) is 0 Å². The molecule has 0 saturated heterocycles. The third kappa shape index (κ3) is 2.45. The van der Waals surface area contributed by atoms with Gasteiger partial charge in [0.25, 0.3) is 0 Å². The number of rotatable bonds is 3. The van der Waals surface area contributed by atoms with Crippen LogP contribution in [0.4, 0.5) is 0 Å². The molecule has 1 fully saturated rings. The molecule has 0 N–H and O–H groups in total. The van der Waals surface area contributed by atoms with Crippen molar-refractivity contribution in [3.05, 3.63) is 91.0 Å². The number of carbonyl (C=O) groups excluding carboxylic acids is 2. The maximum atomic E-state index is 12.6. The number of ketones is 2. The van der Waals surface area contributed by atoms with Gasteiger partial charge in [-0.15, -0.1) is 0 Å². The molecule has 25 heavy (non-hydrogen) atoms. The van der Waals surface area contributed by atoms with Crippen LogP contribution < -0.4 is 13.1 Å². The van der Waals surface area contributed by atoms with E-state index >= 15 is 0 Å². The molecule has 1 aliphatic rings. The van der Waals surface area contributed by atoms with E-state index in [-0.39, 0.29) is 18.0 Å². The fourth-order valence-electron chi connectivity index (χ4n) is 3.51. The molecule has 0 bridgehead atoms. The van der Waals surface area contributed by atoms with Crippen molar-refractivity contribution in [1.29, 1.82) is 0 Å². The molecule has 3 aromatic carbocycles. The van der Waals surface area contributed by atoms with E-state index in [4.69, 9.17) is 0 Å². The Hall–Kier alpha value is -2.57. The summed E-state index contributed by atoms with van der Waals surface area (Å²) in [5.74, 6) is -0.535. The van der Waals surface area contributed by atoms with Crippen molar-refractivity contribution in [2.45, 2.75) is 6.42 Å². The van der Waals surface area contributed by atoms with Crippen molar-refractivity contribution in [1.82, 2.24) is 0 Å². The van der Waals surface area contributed by atoms with Gasteiger partial charge in [-0.05, 0) is 0 Å². The number of Topliss-reactive ketones (excluding diaryl/α,β-unsaturated/α-hetero) is 2. The Labute approximate surface area is 149 Å². The average molecular weight is 388 g/mol. The topological polar surface area (TPSA) is 34.1 Å². The van der Waals surface area contributed by atoms with Crippen molar-refractivity contribution in [3.63, 3.8) is 0 Å². The van der Waals surface area contributed by atoms with E-state index in [2.05, 4.69) is 36.4 Å². The van der Waals surface area contributed by atoms with Gasteiger partial charge in [0.15, 0.2) is 0 Å². The maximum absolute atomic E-state index is 12.6. The van der Waals surface area contributed by atoms with E-state index in [1.165, 1.54) is 13.1 Å². The van der Waals surface area contributed by atoms with Crippen LogP contribution in [0.3, 0.4) is 0 Å². The summed E-state index contributed by atoms with van der Waals surface area (Å²) < 4.78 is 4.35. The molecule has 0 heterocycles. The van der Waals surface area contributed by atoms with Gasteiger partial charge in [-0.3, -0.25) is 0 Å². The monoisotopic (exact) mass is 388 g/mol. The van der Waals surface area contributed by atoms with Crippen LogP contribution in [0.2, 0.25) is 0 Å². The fourth-order valence-corrected chi connectivity index (χ4v) is 12.9. The SMILES string of the molecule is O=C1CC(=[As](c2ccccc2)(c2ccccc2)c2ccccc2)C1=O. The number of hydrogen-bond acceptors (Lipinski definition) is 2. The van der Waals surface area contributed by atoms with Crippen LogP contribution in [-0.2, 0) is 9.59 Å². The Bertz CT molecular complexity index is 887. The molecule has 4 rings (SSSR count). The van der Waals surface area contributed by atoms with Crippen LogP contribution in [0.25, 0.3) is 0 Å². The van der Waals surface area contributed by atoms with Crippen LogP contribution in [-0.4, -0.2) is 29.0 Å². The quantitative estimate of drug-likeness (QED) is 0.503. The molecule has 122 valence electrons. The van der Waals surface area contributed by atoms with Gasteiger partial charge in [-0.1, -0.05) is 0 Å². The second-order valence-electron chi connectivity index (χ2n) is 6.05. The number of hydrogen-bond donors (Lipinski definition) is 0. The standard InChI is InChI=1S/C22H17AsO2/c24-21-16-20(22(21)25)23(17-10-4-1-5-11-17,18-12-6-2-7-13-18)19-14-8-3-9-15-19/h1-15H,16H2. The Morgan fingerprint density at radius 2 is 0.920 bits per heavy atom. The first-order valence-electron chi connectivity index (χ1n) is 8.24. The van der Waals surface area contributed by atoms with E-state index in [1.54, 1.807) is 0 Å². The predicted molar refractivity (Wildman–Crippen MR) is 104 cm³/mol. The summed E-state index contributed by atoms with van der Waals surface area (Å²) in [4.78, 5) is 24.4. The zero-order chi connectivity index (χ0) is 17.3. The normalized spacial score (nSPS) is 14.3. The summed E-state index contributed by atoms with van der Waals surface area (Å²) in [7, 11) is 0. The van der Waals surface area contributed by atoms with E-state index in [1.807, 2.05) is 54.6 Å². The zero-order valence-corrected chi connectivity index (χ0v) is 15.5. The van der Waals surface area contributed by atoms with Crippen molar-refractivity contribution >= 4 is 42.0 Å². The molecule has 0 amide bonds. The second-order valence-corrected chi connectivity index (χ2v) is 13.3. The molecule has 3 heteroatoms. The van der Waals surface area contributed by atoms with Crippen molar-refractivity contribution in [2.75, 3.05) is 0 Å². The van der Waals surface area contributed by atoms with E-state index < -0.39 is 13.1 Å². The molecule has 1 saturated carbocycles. The van der Waals surface area contributed by atoms with E-state index in [0.717, 1.165) is 4.30 Å². The molecule has 0 radical (unpaired) electrons. The Morgan fingerprint density at radius 3 is 1.20 bits per heavy atom. The summed E-state index contributed by atoms with van der Waals surface area (Å²) in [6.45, 7) is 0. The minimum absolute atomic E-state index is 0.261. The Morgan fingerprint density at radius 1 is 0.560 bits per heavy atom. The van der Waals surface area contributed by atoms with Gasteiger partial charge in [0, 0.05) is 0 Å². The van der Waals surface area contributed by atoms with Crippen LogP contribution >= 0.6 is 0 Å². The molecular formula is C22H17AsO2. The summed E-state index contributed by atoms with van der Waals surface area (Å²) in [6.07, 6.45) is 0.282. The molecule has 3 aromatic rings. The van der Waals surface area contributed by atoms with Crippen molar-refractivity contribution in [3.8, 4) is 0 Å². The van der Waals surface area contributed by atoms with Crippen molar-refractivity contribution < 1.29 is 9.59 Å². The Balaban J connectivity index is 2.18. The number of carbonyl (C=O) groups is 2. The Kier molecular flexibility index (Phi) is 4.07. The van der Waals surface area contributed by atoms with Gasteiger partial charge >= 0.3 is 149 Å². The molecule has 2 nitrogen and oxygen atoms in total. The summed E-state index contributed by atoms with van der Waals surface area (Å²) in [5, 5.41) is 0. The van der Waals surface area contributed by atoms with Crippen LogP contribution in [0.15, 0.2) is 91.0 Å². The van der Waals surface area contributed by atoms with E-state index in [9.17, 15) is 9.59 Å². The average Bonchev–Trinajstić information content (AvgIpc) is 2.70. The molecule has 0 unspecified atom stereocenters. The molecule has 1 aliphatic carbocycles. The molecular weight excluding hydrogens is 371 g/mol. The predicted octanol–water partition coefficient (Wildman–Crippen LogP) is 1.45. The first-order chi connectivity index (χ1) is 12.2. The molecule has 0 atom stereocenters. The van der Waals surface area contributed by atoms with Gasteiger partial charge < -0.3 is 0 Å². The summed E-state index contributed by atoms with van der Waals surface area (Å²) in [6, 6.07) is 30.7. The fraction of sp³-hybridized carbons (Fsp3) is 0.0455. The second kappa shape index (κ2) is 6.38. The van der Waals surface area contributed by atoms with Crippen LogP contribution in [0.1, 0.15) is 6.42 Å². The zero-order valence-electron chi connectivity index (χ0n) is 13.6. The molecule has 0 aromatic heterocycles. The van der Waals surface area contributed by atoms with Crippen LogP contribution in [0.5, 0.6) is 0 Å². The molecule has 0 aliphatic heterocycles. The molecule has 0 spiro atoms. The minimum atomic E-state index is -3.17. The van der Waals surface area contributed by atoms with Gasteiger partial charge in [0.05, 0.1) is 0 Å². The van der Waals surface area contributed by atoms with Crippen LogP contribution in [0, 0.1) is 0 Å². The van der Waals surface area contributed by atoms with Gasteiger partial charge in [-0.25, -0.2) is 0 Å². The van der Waals surface area contributed by atoms with E-state index in [0.29, 0.717) is 0 Å². The number of benzene rings is 3. The van der Waals surface area contributed by atoms with Crippen molar-refractivity contribution in [2.24, 2.45) is 0 Å². The summed E-state index contributed by atoms with van der Waals surface area (Å²) >= 11 is -3.17.